The summed E-state index contributed by atoms with van der Waals surface area (Å²) in [6.07, 6.45) is 0.332. The molecule has 0 bridgehead atoms. The van der Waals surface area contributed by atoms with Gasteiger partial charge in [-0.1, -0.05) is 18.5 Å². The Bertz CT molecular complexity index is 357. The number of carbonyl (C=O) groups excluding carboxylic acids is 1. The van der Waals surface area contributed by atoms with Gasteiger partial charge in [-0.25, -0.2) is 4.79 Å². The zero-order valence-electron chi connectivity index (χ0n) is 8.29. The molecule has 0 fully saturated rings. The second-order valence-corrected chi connectivity index (χ2v) is 3.82. The number of carbonyl (C=O) groups is 1. The van der Waals surface area contributed by atoms with Crippen molar-refractivity contribution in [3.8, 4) is 0 Å². The number of nitrogens with one attached hydrogen (secondary N) is 1. The number of ether oxygens (including phenoxy) is 1. The Kier molecular flexibility index (Phi) is 4.78. The third-order valence-corrected chi connectivity index (χ3v) is 2.46. The van der Waals surface area contributed by atoms with Crippen LogP contribution >= 0.6 is 24.2 Å². The lowest BCUT2D eigenvalue weighted by Crippen LogP contribution is -2.13. The summed E-state index contributed by atoms with van der Waals surface area (Å²) in [6, 6.07) is 5.02. The molecule has 1 aromatic rings. The molecule has 0 aromatic heterocycles. The van der Waals surface area contributed by atoms with E-state index in [0.29, 0.717) is 22.2 Å². The van der Waals surface area contributed by atoms with E-state index < -0.39 is 6.09 Å². The molecule has 0 aliphatic heterocycles. The Morgan fingerprint density at radius 2 is 2.33 bits per heavy atom. The lowest BCUT2D eigenvalue weighted by Gasteiger charge is -2.06. The molecule has 0 spiro atoms. The van der Waals surface area contributed by atoms with Gasteiger partial charge < -0.3 is 4.74 Å². The molecule has 0 saturated carbocycles. The maximum absolute atomic E-state index is 11.2. The summed E-state index contributed by atoms with van der Waals surface area (Å²) in [4.78, 5) is 11.8. The standard InChI is InChI=1S/C10H12ClNO2S/c1-2-5-14-10(13)12-7-3-4-8(11)9(15)6-7/h3-4,6,15H,2,5H2,1H3,(H,12,13). The van der Waals surface area contributed by atoms with Crippen LogP contribution in [0.25, 0.3) is 0 Å². The number of halogens is 1. The summed E-state index contributed by atoms with van der Waals surface area (Å²) in [5, 5.41) is 3.12. The minimum atomic E-state index is -0.466. The number of rotatable bonds is 3. The third-order valence-electron chi connectivity index (χ3n) is 1.63. The molecule has 15 heavy (non-hydrogen) atoms. The van der Waals surface area contributed by atoms with Crippen molar-refractivity contribution in [3.05, 3.63) is 23.2 Å². The van der Waals surface area contributed by atoms with E-state index in [1.807, 2.05) is 6.92 Å². The summed E-state index contributed by atoms with van der Waals surface area (Å²) >= 11 is 9.92. The molecule has 1 aromatic carbocycles. The zero-order valence-corrected chi connectivity index (χ0v) is 9.94. The van der Waals surface area contributed by atoms with Gasteiger partial charge >= 0.3 is 6.09 Å². The smallest absolute Gasteiger partial charge is 0.411 e. The topological polar surface area (TPSA) is 38.3 Å². The van der Waals surface area contributed by atoms with Gasteiger partial charge in [0.05, 0.1) is 11.6 Å². The molecule has 82 valence electrons. The second kappa shape index (κ2) is 5.88. The van der Waals surface area contributed by atoms with Gasteiger partial charge in [0.25, 0.3) is 0 Å². The largest absolute Gasteiger partial charge is 0.449 e. The second-order valence-electron chi connectivity index (χ2n) is 2.93. The minimum Gasteiger partial charge on any atom is -0.449 e. The summed E-state index contributed by atoms with van der Waals surface area (Å²) in [6.45, 7) is 2.34. The lowest BCUT2D eigenvalue weighted by atomic mass is 10.3. The van der Waals surface area contributed by atoms with Crippen LogP contribution in [0, 0.1) is 0 Å². The van der Waals surface area contributed by atoms with Gasteiger partial charge in [-0.05, 0) is 24.6 Å². The molecule has 0 unspecified atom stereocenters. The predicted molar refractivity (Wildman–Crippen MR) is 64.0 cm³/mol. The Morgan fingerprint density at radius 1 is 1.60 bits per heavy atom. The zero-order chi connectivity index (χ0) is 11.3. The van der Waals surface area contributed by atoms with Gasteiger partial charge in [0.1, 0.15) is 0 Å². The number of hydrogen-bond acceptors (Lipinski definition) is 3. The highest BCUT2D eigenvalue weighted by molar-refractivity contribution is 7.80. The Hall–Kier alpha value is -0.870. The van der Waals surface area contributed by atoms with Crippen LogP contribution in [-0.4, -0.2) is 12.7 Å². The number of thiol groups is 1. The van der Waals surface area contributed by atoms with Crippen molar-refractivity contribution < 1.29 is 9.53 Å². The van der Waals surface area contributed by atoms with Crippen molar-refractivity contribution in [3.63, 3.8) is 0 Å². The van der Waals surface area contributed by atoms with Crippen molar-refractivity contribution >= 4 is 36.0 Å². The van der Waals surface area contributed by atoms with Crippen molar-refractivity contribution in [1.82, 2.24) is 0 Å². The van der Waals surface area contributed by atoms with Crippen LogP contribution in [0.1, 0.15) is 13.3 Å². The van der Waals surface area contributed by atoms with E-state index in [2.05, 4.69) is 17.9 Å². The van der Waals surface area contributed by atoms with Gasteiger partial charge in [0.2, 0.25) is 0 Å². The molecular weight excluding hydrogens is 234 g/mol. The average molecular weight is 246 g/mol. The molecule has 0 radical (unpaired) electrons. The molecular formula is C10H12ClNO2S. The van der Waals surface area contributed by atoms with Crippen molar-refractivity contribution in [1.29, 1.82) is 0 Å². The van der Waals surface area contributed by atoms with E-state index in [0.717, 1.165) is 6.42 Å². The van der Waals surface area contributed by atoms with Crippen molar-refractivity contribution in [2.24, 2.45) is 0 Å². The van der Waals surface area contributed by atoms with Crippen LogP contribution < -0.4 is 5.32 Å². The van der Waals surface area contributed by atoms with Gasteiger partial charge in [-0.2, -0.15) is 0 Å². The van der Waals surface area contributed by atoms with E-state index in [1.54, 1.807) is 18.2 Å². The van der Waals surface area contributed by atoms with E-state index in [9.17, 15) is 4.79 Å². The first-order valence-corrected chi connectivity index (χ1v) is 5.38. The number of benzene rings is 1. The quantitative estimate of drug-likeness (QED) is 0.799. The monoisotopic (exact) mass is 245 g/mol. The van der Waals surface area contributed by atoms with Crippen LogP contribution in [0.5, 0.6) is 0 Å². The number of amides is 1. The van der Waals surface area contributed by atoms with Gasteiger partial charge in [0.15, 0.2) is 0 Å². The normalized spacial score (nSPS) is 9.80. The van der Waals surface area contributed by atoms with E-state index in [-0.39, 0.29) is 0 Å². The molecule has 0 aliphatic carbocycles. The first-order valence-electron chi connectivity index (χ1n) is 4.55. The van der Waals surface area contributed by atoms with Crippen LogP contribution in [0.4, 0.5) is 10.5 Å². The lowest BCUT2D eigenvalue weighted by molar-refractivity contribution is 0.161. The molecule has 1 amide bonds. The maximum Gasteiger partial charge on any atom is 0.411 e. The van der Waals surface area contributed by atoms with Gasteiger partial charge in [0, 0.05) is 10.6 Å². The van der Waals surface area contributed by atoms with Crippen molar-refractivity contribution in [2.75, 3.05) is 11.9 Å². The summed E-state index contributed by atoms with van der Waals surface area (Å²) in [5.74, 6) is 0. The van der Waals surface area contributed by atoms with Crippen LogP contribution in [0.15, 0.2) is 23.1 Å². The highest BCUT2D eigenvalue weighted by Crippen LogP contribution is 2.23. The third kappa shape index (κ3) is 4.01. The molecule has 0 aliphatic rings. The van der Waals surface area contributed by atoms with E-state index in [4.69, 9.17) is 16.3 Å². The fourth-order valence-corrected chi connectivity index (χ4v) is 1.27. The first-order chi connectivity index (χ1) is 7.13. The number of anilines is 1. The molecule has 1 N–H and O–H groups in total. The summed E-state index contributed by atoms with van der Waals surface area (Å²) < 4.78 is 4.86. The molecule has 3 nitrogen and oxygen atoms in total. The Morgan fingerprint density at radius 3 is 2.93 bits per heavy atom. The molecule has 5 heteroatoms. The summed E-state index contributed by atoms with van der Waals surface area (Å²) in [7, 11) is 0. The van der Waals surface area contributed by atoms with Crippen LogP contribution in [0.2, 0.25) is 5.02 Å². The summed E-state index contributed by atoms with van der Waals surface area (Å²) in [5.41, 5.74) is 0.616. The highest BCUT2D eigenvalue weighted by atomic mass is 35.5. The van der Waals surface area contributed by atoms with Gasteiger partial charge in [-0.15, -0.1) is 12.6 Å². The SMILES string of the molecule is CCCOC(=O)Nc1ccc(Cl)c(S)c1. The highest BCUT2D eigenvalue weighted by Gasteiger charge is 2.03. The van der Waals surface area contributed by atoms with Crippen LogP contribution in [0.3, 0.4) is 0 Å². The van der Waals surface area contributed by atoms with Crippen LogP contribution in [-0.2, 0) is 4.74 Å². The molecule has 0 heterocycles. The van der Waals surface area contributed by atoms with E-state index in [1.165, 1.54) is 0 Å². The fourth-order valence-electron chi connectivity index (χ4n) is 0.939. The Balaban J connectivity index is 2.57. The van der Waals surface area contributed by atoms with Gasteiger partial charge in [-0.3, -0.25) is 5.32 Å². The molecule has 0 atom stereocenters. The maximum atomic E-state index is 11.2. The fraction of sp³-hybridized carbons (Fsp3) is 0.300. The predicted octanol–water partition coefficient (Wildman–Crippen LogP) is 3.59. The van der Waals surface area contributed by atoms with Crippen molar-refractivity contribution in [2.45, 2.75) is 18.2 Å². The average Bonchev–Trinajstić information content (AvgIpc) is 2.20. The Labute approximate surface area is 99.2 Å². The molecule has 0 saturated heterocycles. The first kappa shape index (κ1) is 12.2. The minimum absolute atomic E-state index is 0.410. The number of hydrogen-bond donors (Lipinski definition) is 2. The molecule has 1 rings (SSSR count). The van der Waals surface area contributed by atoms with E-state index >= 15 is 0 Å².